The summed E-state index contributed by atoms with van der Waals surface area (Å²) in [6.07, 6.45) is 1.60. The zero-order valence-electron chi connectivity index (χ0n) is 15.8. The van der Waals surface area contributed by atoms with E-state index < -0.39 is 0 Å². The van der Waals surface area contributed by atoms with E-state index in [1.165, 1.54) is 0 Å². The average molecular weight is 391 g/mol. The number of aryl methyl sites for hydroxylation is 3. The van der Waals surface area contributed by atoms with E-state index in [-0.39, 0.29) is 5.91 Å². The summed E-state index contributed by atoms with van der Waals surface area (Å²) in [5.74, 6) is -0.249. The number of hydrogen-bond donors (Lipinski definition) is 1. The normalized spacial score (nSPS) is 11.0. The summed E-state index contributed by atoms with van der Waals surface area (Å²) in [4.78, 5) is 17.3. The van der Waals surface area contributed by atoms with Crippen LogP contribution in [-0.4, -0.2) is 20.5 Å². The predicted octanol–water partition coefficient (Wildman–Crippen LogP) is 5.23. The lowest BCUT2D eigenvalue weighted by atomic mass is 10.1. The molecule has 0 aliphatic carbocycles. The Morgan fingerprint density at radius 3 is 2.54 bits per heavy atom. The fourth-order valence-electron chi connectivity index (χ4n) is 3.24. The van der Waals surface area contributed by atoms with Crippen molar-refractivity contribution in [2.75, 3.05) is 5.32 Å². The first-order valence-electron chi connectivity index (χ1n) is 8.93. The third-order valence-electron chi connectivity index (χ3n) is 4.80. The van der Waals surface area contributed by atoms with E-state index in [0.29, 0.717) is 16.3 Å². The molecule has 6 heteroatoms. The number of nitrogens with zero attached hydrogens (tertiary/aromatic N) is 3. The van der Waals surface area contributed by atoms with Crippen molar-refractivity contribution in [2.24, 2.45) is 0 Å². The molecular formula is C22H19ClN4O. The Morgan fingerprint density at radius 2 is 1.82 bits per heavy atom. The largest absolute Gasteiger partial charge is 0.322 e. The van der Waals surface area contributed by atoms with Crippen LogP contribution in [0.3, 0.4) is 0 Å². The second-order valence-electron chi connectivity index (χ2n) is 6.74. The minimum absolute atomic E-state index is 0.249. The van der Waals surface area contributed by atoms with Crippen LogP contribution in [0.2, 0.25) is 5.02 Å². The first-order chi connectivity index (χ1) is 13.5. The Labute approximate surface area is 168 Å². The van der Waals surface area contributed by atoms with Gasteiger partial charge in [0.15, 0.2) is 5.65 Å². The van der Waals surface area contributed by atoms with Gasteiger partial charge >= 0.3 is 0 Å². The standard InChI is InChI=1S/C22H19ClN4O/c1-13-9-10-17(11-19(13)23)25-22(28)18-12-24-21-20(16-7-5-4-6-8-16)14(2)26-27(21)15(18)3/h4-12H,1-3H3,(H,25,28). The first kappa shape index (κ1) is 18.2. The molecule has 0 aliphatic rings. The Morgan fingerprint density at radius 1 is 1.07 bits per heavy atom. The summed E-state index contributed by atoms with van der Waals surface area (Å²) in [6.45, 7) is 5.73. The van der Waals surface area contributed by atoms with Crippen molar-refractivity contribution in [3.8, 4) is 11.1 Å². The molecule has 2 aromatic heterocycles. The van der Waals surface area contributed by atoms with Crippen molar-refractivity contribution in [3.63, 3.8) is 0 Å². The first-order valence-corrected chi connectivity index (χ1v) is 9.31. The quantitative estimate of drug-likeness (QED) is 0.521. The molecule has 1 N–H and O–H groups in total. The van der Waals surface area contributed by atoms with Crippen molar-refractivity contribution in [2.45, 2.75) is 20.8 Å². The Hall–Kier alpha value is -3.18. The molecule has 0 bridgehead atoms. The van der Waals surface area contributed by atoms with Crippen molar-refractivity contribution < 1.29 is 4.79 Å². The van der Waals surface area contributed by atoms with Gasteiger partial charge in [-0.3, -0.25) is 4.79 Å². The number of fused-ring (bicyclic) bond motifs is 1. The Kier molecular flexibility index (Phi) is 4.61. The highest BCUT2D eigenvalue weighted by atomic mass is 35.5. The minimum atomic E-state index is -0.249. The van der Waals surface area contributed by atoms with Gasteiger partial charge in [0.25, 0.3) is 5.91 Å². The van der Waals surface area contributed by atoms with Crippen LogP contribution in [0.5, 0.6) is 0 Å². The van der Waals surface area contributed by atoms with Gasteiger partial charge in [0.1, 0.15) is 0 Å². The van der Waals surface area contributed by atoms with Crippen LogP contribution in [0.15, 0.2) is 54.7 Å². The van der Waals surface area contributed by atoms with Crippen LogP contribution in [0.4, 0.5) is 5.69 Å². The highest BCUT2D eigenvalue weighted by molar-refractivity contribution is 6.31. The van der Waals surface area contributed by atoms with E-state index in [0.717, 1.165) is 33.7 Å². The van der Waals surface area contributed by atoms with Gasteiger partial charge < -0.3 is 5.32 Å². The van der Waals surface area contributed by atoms with Gasteiger partial charge in [-0.25, -0.2) is 9.50 Å². The molecule has 4 rings (SSSR count). The number of nitrogens with one attached hydrogen (secondary N) is 1. The van der Waals surface area contributed by atoms with Gasteiger partial charge in [-0.1, -0.05) is 48.0 Å². The fraction of sp³-hybridized carbons (Fsp3) is 0.136. The summed E-state index contributed by atoms with van der Waals surface area (Å²) in [5, 5.41) is 8.11. The van der Waals surface area contributed by atoms with Crippen LogP contribution < -0.4 is 5.32 Å². The lowest BCUT2D eigenvalue weighted by molar-refractivity contribution is 0.102. The van der Waals surface area contributed by atoms with Crippen molar-refractivity contribution in [1.82, 2.24) is 14.6 Å². The minimum Gasteiger partial charge on any atom is -0.322 e. The number of halogens is 1. The van der Waals surface area contributed by atoms with Crippen LogP contribution in [0.25, 0.3) is 16.8 Å². The maximum Gasteiger partial charge on any atom is 0.259 e. The monoisotopic (exact) mass is 390 g/mol. The summed E-state index contributed by atoms with van der Waals surface area (Å²) in [7, 11) is 0. The smallest absolute Gasteiger partial charge is 0.259 e. The van der Waals surface area contributed by atoms with E-state index in [1.54, 1.807) is 16.8 Å². The van der Waals surface area contributed by atoms with E-state index in [9.17, 15) is 4.79 Å². The lowest BCUT2D eigenvalue weighted by Crippen LogP contribution is -2.16. The summed E-state index contributed by atoms with van der Waals surface area (Å²) in [6, 6.07) is 15.4. The number of hydrogen-bond acceptors (Lipinski definition) is 3. The van der Waals surface area contributed by atoms with Crippen molar-refractivity contribution >= 4 is 28.8 Å². The molecule has 4 aromatic rings. The summed E-state index contributed by atoms with van der Waals surface area (Å²) in [5.41, 5.74) is 6.41. The highest BCUT2D eigenvalue weighted by Gasteiger charge is 2.18. The number of rotatable bonds is 3. The zero-order valence-corrected chi connectivity index (χ0v) is 16.6. The number of carbonyl (C=O) groups is 1. The summed E-state index contributed by atoms with van der Waals surface area (Å²) < 4.78 is 1.73. The zero-order chi connectivity index (χ0) is 19.8. The predicted molar refractivity (Wildman–Crippen MR) is 112 cm³/mol. The van der Waals surface area contributed by atoms with E-state index in [2.05, 4.69) is 15.4 Å². The highest BCUT2D eigenvalue weighted by Crippen LogP contribution is 2.28. The number of amides is 1. The molecular weight excluding hydrogens is 372 g/mol. The molecule has 5 nitrogen and oxygen atoms in total. The molecule has 0 saturated heterocycles. The molecule has 0 fully saturated rings. The van der Waals surface area contributed by atoms with Crippen molar-refractivity contribution in [1.29, 1.82) is 0 Å². The number of aromatic nitrogens is 3. The second-order valence-corrected chi connectivity index (χ2v) is 7.14. The molecule has 0 saturated carbocycles. The third-order valence-corrected chi connectivity index (χ3v) is 5.20. The van der Waals surface area contributed by atoms with Gasteiger partial charge in [-0.05, 0) is 44.0 Å². The molecule has 0 aliphatic heterocycles. The molecule has 140 valence electrons. The van der Waals surface area contributed by atoms with E-state index in [1.807, 2.05) is 63.2 Å². The maximum atomic E-state index is 12.8. The fourth-order valence-corrected chi connectivity index (χ4v) is 3.42. The van der Waals surface area contributed by atoms with Crippen LogP contribution in [0.1, 0.15) is 27.3 Å². The number of carbonyl (C=O) groups excluding carboxylic acids is 1. The Balaban J connectivity index is 1.74. The second kappa shape index (κ2) is 7.09. The SMILES string of the molecule is Cc1ccc(NC(=O)c2cnc3c(-c4ccccc4)c(C)nn3c2C)cc1Cl. The molecule has 28 heavy (non-hydrogen) atoms. The number of anilines is 1. The van der Waals surface area contributed by atoms with Gasteiger partial charge in [0, 0.05) is 22.5 Å². The molecule has 1 amide bonds. The Bertz CT molecular complexity index is 1200. The van der Waals surface area contributed by atoms with Gasteiger partial charge in [0.05, 0.1) is 17.0 Å². The topological polar surface area (TPSA) is 59.3 Å². The average Bonchev–Trinajstić information content (AvgIpc) is 3.02. The van der Waals surface area contributed by atoms with E-state index >= 15 is 0 Å². The molecule has 2 aromatic carbocycles. The van der Waals surface area contributed by atoms with Crippen LogP contribution >= 0.6 is 11.6 Å². The van der Waals surface area contributed by atoms with Crippen molar-refractivity contribution in [3.05, 3.63) is 82.3 Å². The molecule has 2 heterocycles. The van der Waals surface area contributed by atoms with Gasteiger partial charge in [-0.15, -0.1) is 0 Å². The molecule has 0 atom stereocenters. The van der Waals surface area contributed by atoms with Crippen LogP contribution in [0, 0.1) is 20.8 Å². The lowest BCUT2D eigenvalue weighted by Gasteiger charge is -2.10. The molecule has 0 unspecified atom stereocenters. The van der Waals surface area contributed by atoms with Gasteiger partial charge in [0.2, 0.25) is 0 Å². The summed E-state index contributed by atoms with van der Waals surface area (Å²) >= 11 is 6.15. The van der Waals surface area contributed by atoms with E-state index in [4.69, 9.17) is 11.6 Å². The number of benzene rings is 2. The molecule has 0 radical (unpaired) electrons. The molecule has 0 spiro atoms. The van der Waals surface area contributed by atoms with Gasteiger partial charge in [-0.2, -0.15) is 5.10 Å². The maximum absolute atomic E-state index is 12.8. The van der Waals surface area contributed by atoms with Crippen LogP contribution in [-0.2, 0) is 0 Å². The third kappa shape index (κ3) is 3.14.